The zero-order chi connectivity index (χ0) is 19.9. The number of anilines is 1. The average molecular weight is 379 g/mol. The summed E-state index contributed by atoms with van der Waals surface area (Å²) >= 11 is 0. The fourth-order valence-corrected chi connectivity index (χ4v) is 3.52. The number of benzene rings is 1. The van der Waals surface area contributed by atoms with E-state index in [1.807, 2.05) is 6.92 Å². The fourth-order valence-electron chi connectivity index (χ4n) is 3.52. The van der Waals surface area contributed by atoms with Crippen LogP contribution in [0, 0.1) is 0 Å². The summed E-state index contributed by atoms with van der Waals surface area (Å²) in [5, 5.41) is 7.61. The number of nitrogens with zero attached hydrogens (tertiary/aromatic N) is 2. The van der Waals surface area contributed by atoms with Crippen molar-refractivity contribution >= 4 is 11.8 Å². The van der Waals surface area contributed by atoms with Gasteiger partial charge in [-0.1, -0.05) is 25.1 Å². The molecule has 5 nitrogen and oxygen atoms in total. The van der Waals surface area contributed by atoms with E-state index in [1.54, 1.807) is 24.7 Å². The number of hydrogen-bond acceptors (Lipinski definition) is 4. The van der Waals surface area contributed by atoms with Crippen molar-refractivity contribution in [2.45, 2.75) is 32.4 Å². The summed E-state index contributed by atoms with van der Waals surface area (Å²) in [5.74, 6) is -0.613. The minimum Gasteiger partial charge on any atom is -0.466 e. The van der Waals surface area contributed by atoms with E-state index in [1.165, 1.54) is 13.2 Å². The van der Waals surface area contributed by atoms with E-state index in [0.717, 1.165) is 17.8 Å². The van der Waals surface area contributed by atoms with Gasteiger partial charge in [0.25, 0.3) is 0 Å². The Kier molecular flexibility index (Phi) is 4.75. The number of esters is 1. The molecule has 2 heterocycles. The van der Waals surface area contributed by atoms with Gasteiger partial charge in [-0.25, -0.2) is 4.79 Å². The Hall–Kier alpha value is -2.77. The SMILES string of the molecule is CCc1nn(C)c2c1C(c1cccc(C(F)(F)F)c1)C(C(=O)OC)=C(C)N2. The third kappa shape index (κ3) is 3.20. The Morgan fingerprint density at radius 3 is 2.67 bits per heavy atom. The number of alkyl halides is 3. The van der Waals surface area contributed by atoms with Gasteiger partial charge in [-0.15, -0.1) is 0 Å². The van der Waals surface area contributed by atoms with Crippen molar-refractivity contribution in [1.29, 1.82) is 0 Å². The molecule has 0 amide bonds. The Morgan fingerprint density at radius 2 is 2.07 bits per heavy atom. The maximum Gasteiger partial charge on any atom is 0.416 e. The van der Waals surface area contributed by atoms with Crippen LogP contribution in [-0.2, 0) is 29.2 Å². The van der Waals surface area contributed by atoms with Crippen LogP contribution in [0.2, 0.25) is 0 Å². The van der Waals surface area contributed by atoms with Gasteiger partial charge in [0.2, 0.25) is 0 Å². The largest absolute Gasteiger partial charge is 0.466 e. The third-order valence-corrected chi connectivity index (χ3v) is 4.74. The van der Waals surface area contributed by atoms with E-state index in [-0.39, 0.29) is 5.57 Å². The first-order valence-corrected chi connectivity index (χ1v) is 8.48. The molecule has 1 N–H and O–H groups in total. The lowest BCUT2D eigenvalue weighted by atomic mass is 9.80. The van der Waals surface area contributed by atoms with E-state index in [0.29, 0.717) is 29.1 Å². The molecule has 1 aliphatic heterocycles. The number of carbonyl (C=O) groups is 1. The molecule has 1 unspecified atom stereocenters. The standard InChI is InChI=1S/C19H20F3N3O2/c1-5-13-16-15(11-7-6-8-12(9-11)19(20,21)22)14(18(26)27-4)10(2)23-17(16)25(3)24-13/h6-9,15,23H,5H2,1-4H3. The molecule has 27 heavy (non-hydrogen) atoms. The van der Waals surface area contributed by atoms with Gasteiger partial charge in [-0.3, -0.25) is 4.68 Å². The van der Waals surface area contributed by atoms with Gasteiger partial charge >= 0.3 is 12.1 Å². The Morgan fingerprint density at radius 1 is 1.37 bits per heavy atom. The van der Waals surface area contributed by atoms with Gasteiger partial charge in [0.15, 0.2) is 0 Å². The number of hydrogen-bond donors (Lipinski definition) is 1. The van der Waals surface area contributed by atoms with Crippen LogP contribution >= 0.6 is 0 Å². The lowest BCUT2D eigenvalue weighted by molar-refractivity contribution is -0.137. The number of fused-ring (bicyclic) bond motifs is 1. The van der Waals surface area contributed by atoms with E-state index in [2.05, 4.69) is 10.4 Å². The number of aryl methyl sites for hydroxylation is 2. The molecule has 1 aromatic heterocycles. The minimum atomic E-state index is -4.47. The topological polar surface area (TPSA) is 56.2 Å². The Labute approximate surface area is 154 Å². The highest BCUT2D eigenvalue weighted by Gasteiger charge is 2.38. The summed E-state index contributed by atoms with van der Waals surface area (Å²) in [4.78, 5) is 12.5. The van der Waals surface area contributed by atoms with Gasteiger partial charge in [0.05, 0.1) is 23.9 Å². The second kappa shape index (κ2) is 6.75. The van der Waals surface area contributed by atoms with Gasteiger partial charge < -0.3 is 10.1 Å². The average Bonchev–Trinajstić information content (AvgIpc) is 2.95. The number of allylic oxidation sites excluding steroid dienone is 1. The minimum absolute atomic E-state index is 0.284. The van der Waals surface area contributed by atoms with Gasteiger partial charge in [0, 0.05) is 24.2 Å². The molecule has 2 aromatic rings. The molecular weight excluding hydrogens is 359 g/mol. The van der Waals surface area contributed by atoms with Gasteiger partial charge in [-0.05, 0) is 25.0 Å². The molecular formula is C19H20F3N3O2. The molecule has 0 radical (unpaired) electrons. The molecule has 1 atom stereocenters. The predicted molar refractivity (Wildman–Crippen MR) is 94.2 cm³/mol. The molecule has 0 aliphatic carbocycles. The number of nitrogens with one attached hydrogen (secondary N) is 1. The highest BCUT2D eigenvalue weighted by molar-refractivity contribution is 5.94. The van der Waals surface area contributed by atoms with Crippen LogP contribution in [-0.4, -0.2) is 22.9 Å². The first kappa shape index (κ1) is 19.0. The predicted octanol–water partition coefficient (Wildman–Crippen LogP) is 4.01. The molecule has 0 spiro atoms. The van der Waals surface area contributed by atoms with E-state index < -0.39 is 23.6 Å². The zero-order valence-corrected chi connectivity index (χ0v) is 15.4. The van der Waals surface area contributed by atoms with E-state index in [4.69, 9.17) is 4.74 Å². The summed E-state index contributed by atoms with van der Waals surface area (Å²) in [6.45, 7) is 3.61. The number of carbonyl (C=O) groups excluding carboxylic acids is 1. The highest BCUT2D eigenvalue weighted by atomic mass is 19.4. The third-order valence-electron chi connectivity index (χ3n) is 4.74. The maximum atomic E-state index is 13.2. The molecule has 0 saturated carbocycles. The molecule has 8 heteroatoms. The monoisotopic (exact) mass is 379 g/mol. The van der Waals surface area contributed by atoms with E-state index >= 15 is 0 Å². The fraction of sp³-hybridized carbons (Fsp3) is 0.368. The summed E-state index contributed by atoms with van der Waals surface area (Å²) in [6, 6.07) is 5.05. The summed E-state index contributed by atoms with van der Waals surface area (Å²) < 4.78 is 46.3. The molecule has 0 saturated heterocycles. The summed E-state index contributed by atoms with van der Waals surface area (Å²) in [6.07, 6.45) is -3.90. The van der Waals surface area contributed by atoms with Crippen LogP contribution in [0.5, 0.6) is 0 Å². The van der Waals surface area contributed by atoms with Gasteiger partial charge in [-0.2, -0.15) is 18.3 Å². The van der Waals surface area contributed by atoms with Crippen molar-refractivity contribution in [2.24, 2.45) is 7.05 Å². The van der Waals surface area contributed by atoms with Crippen molar-refractivity contribution in [3.05, 3.63) is 57.9 Å². The Bertz CT molecular complexity index is 929. The van der Waals surface area contributed by atoms with Crippen LogP contribution < -0.4 is 5.32 Å². The molecule has 1 aromatic carbocycles. The number of ether oxygens (including phenoxy) is 1. The normalized spacial score (nSPS) is 16.8. The summed E-state index contributed by atoms with van der Waals surface area (Å²) in [7, 11) is 3.01. The number of methoxy groups -OCH3 is 1. The lowest BCUT2D eigenvalue weighted by Gasteiger charge is -2.29. The zero-order valence-electron chi connectivity index (χ0n) is 15.4. The number of aromatic nitrogens is 2. The quantitative estimate of drug-likeness (QED) is 0.819. The molecule has 1 aliphatic rings. The van der Waals surface area contributed by atoms with Crippen molar-refractivity contribution in [1.82, 2.24) is 9.78 Å². The highest BCUT2D eigenvalue weighted by Crippen LogP contribution is 2.44. The van der Waals surface area contributed by atoms with Gasteiger partial charge in [0.1, 0.15) is 5.82 Å². The maximum absolute atomic E-state index is 13.2. The van der Waals surface area contributed by atoms with Crippen LogP contribution in [0.1, 0.15) is 42.1 Å². The lowest BCUT2D eigenvalue weighted by Crippen LogP contribution is -2.25. The van der Waals surface area contributed by atoms with Crippen LogP contribution in [0.25, 0.3) is 0 Å². The number of rotatable bonds is 3. The second-order valence-corrected chi connectivity index (χ2v) is 6.40. The first-order chi connectivity index (χ1) is 12.7. The Balaban J connectivity index is 2.29. The summed E-state index contributed by atoms with van der Waals surface area (Å²) in [5.41, 5.74) is 1.84. The molecule has 144 valence electrons. The molecule has 3 rings (SSSR count). The van der Waals surface area contributed by atoms with Crippen molar-refractivity contribution in [2.75, 3.05) is 12.4 Å². The van der Waals surface area contributed by atoms with Crippen molar-refractivity contribution in [3.8, 4) is 0 Å². The number of halogens is 3. The molecule has 0 bridgehead atoms. The second-order valence-electron chi connectivity index (χ2n) is 6.40. The van der Waals surface area contributed by atoms with E-state index in [9.17, 15) is 18.0 Å². The van der Waals surface area contributed by atoms with Crippen LogP contribution in [0.15, 0.2) is 35.5 Å². The van der Waals surface area contributed by atoms with Crippen molar-refractivity contribution < 1.29 is 22.7 Å². The van der Waals surface area contributed by atoms with Crippen LogP contribution in [0.3, 0.4) is 0 Å². The smallest absolute Gasteiger partial charge is 0.416 e. The van der Waals surface area contributed by atoms with Crippen LogP contribution in [0.4, 0.5) is 19.0 Å². The molecule has 0 fully saturated rings. The first-order valence-electron chi connectivity index (χ1n) is 8.48. The van der Waals surface area contributed by atoms with Crippen molar-refractivity contribution in [3.63, 3.8) is 0 Å².